The summed E-state index contributed by atoms with van der Waals surface area (Å²) < 4.78 is 2.14. The first-order valence-electron chi connectivity index (χ1n) is 7.87. The van der Waals surface area contributed by atoms with Crippen LogP contribution in [0.3, 0.4) is 0 Å². The average Bonchev–Trinajstić information content (AvgIpc) is 2.74. The Hall–Kier alpha value is -1.77. The van der Waals surface area contributed by atoms with Crippen molar-refractivity contribution >= 4 is 16.8 Å². The first-order valence-corrected chi connectivity index (χ1v) is 7.87. The van der Waals surface area contributed by atoms with Gasteiger partial charge in [-0.25, -0.2) is 0 Å². The number of likely N-dealkylation sites (tertiary alicyclic amines) is 1. The Kier molecular flexibility index (Phi) is 3.75. The van der Waals surface area contributed by atoms with E-state index in [0.29, 0.717) is 18.4 Å². The Balaban J connectivity index is 1.81. The Morgan fingerprint density at radius 1 is 1.19 bits per heavy atom. The van der Waals surface area contributed by atoms with E-state index < -0.39 is 0 Å². The van der Waals surface area contributed by atoms with Crippen molar-refractivity contribution in [3.05, 3.63) is 36.0 Å². The van der Waals surface area contributed by atoms with Crippen molar-refractivity contribution in [1.82, 2.24) is 9.47 Å². The molecular formula is C18H24N2O. The van der Waals surface area contributed by atoms with Gasteiger partial charge < -0.3 is 9.47 Å². The maximum Gasteiger partial charge on any atom is 0.242 e. The fraction of sp³-hybridized carbons (Fsp3) is 0.500. The molecule has 1 amide bonds. The Morgan fingerprint density at radius 2 is 1.86 bits per heavy atom. The summed E-state index contributed by atoms with van der Waals surface area (Å²) >= 11 is 0. The first kappa shape index (κ1) is 14.2. The van der Waals surface area contributed by atoms with E-state index in [4.69, 9.17) is 0 Å². The van der Waals surface area contributed by atoms with E-state index in [1.807, 2.05) is 17.0 Å². The number of hydrogen-bond acceptors (Lipinski definition) is 1. The largest absolute Gasteiger partial charge is 0.341 e. The number of aryl methyl sites for hydroxylation is 1. The fourth-order valence-corrected chi connectivity index (χ4v) is 3.66. The number of nitrogens with zero attached hydrogens (tertiary/aromatic N) is 2. The molecule has 3 nitrogen and oxygen atoms in total. The number of aromatic nitrogens is 1. The lowest BCUT2D eigenvalue weighted by atomic mass is 9.92. The third-order valence-corrected chi connectivity index (χ3v) is 4.53. The van der Waals surface area contributed by atoms with E-state index in [1.165, 1.54) is 11.8 Å². The van der Waals surface area contributed by atoms with Crippen molar-refractivity contribution in [2.24, 2.45) is 11.8 Å². The number of benzene rings is 1. The molecule has 2 aromatic rings. The number of rotatable bonds is 2. The van der Waals surface area contributed by atoms with E-state index in [1.54, 1.807) is 0 Å². The van der Waals surface area contributed by atoms with Gasteiger partial charge in [0.1, 0.15) is 6.54 Å². The molecule has 1 fully saturated rings. The molecule has 112 valence electrons. The van der Waals surface area contributed by atoms with Crippen LogP contribution in [0.1, 0.15) is 26.0 Å². The first-order chi connectivity index (χ1) is 10.0. The molecule has 1 aromatic carbocycles. The lowest BCUT2D eigenvalue weighted by Crippen LogP contribution is -2.44. The highest BCUT2D eigenvalue weighted by atomic mass is 16.2. The number of carbonyl (C=O) groups is 1. The minimum Gasteiger partial charge on any atom is -0.341 e. The van der Waals surface area contributed by atoms with Gasteiger partial charge in [0.25, 0.3) is 0 Å². The molecule has 0 unspecified atom stereocenters. The summed E-state index contributed by atoms with van der Waals surface area (Å²) in [6.45, 7) is 8.83. The fourth-order valence-electron chi connectivity index (χ4n) is 3.66. The summed E-state index contributed by atoms with van der Waals surface area (Å²) in [5, 5.41) is 1.21. The number of amides is 1. The van der Waals surface area contributed by atoms with Crippen molar-refractivity contribution < 1.29 is 4.79 Å². The maximum atomic E-state index is 12.7. The lowest BCUT2D eigenvalue weighted by Gasteiger charge is -2.35. The predicted molar refractivity (Wildman–Crippen MR) is 86.2 cm³/mol. The van der Waals surface area contributed by atoms with E-state index in [0.717, 1.165) is 24.3 Å². The number of hydrogen-bond donors (Lipinski definition) is 0. The summed E-state index contributed by atoms with van der Waals surface area (Å²) in [6.07, 6.45) is 1.23. The SMILES string of the molecule is Cc1cc2ccccc2n1CC(=O)N1C[C@H](C)C[C@@H](C)C1. The van der Waals surface area contributed by atoms with Gasteiger partial charge >= 0.3 is 0 Å². The normalized spacial score (nSPS) is 22.7. The Labute approximate surface area is 126 Å². The second-order valence-corrected chi connectivity index (χ2v) is 6.68. The summed E-state index contributed by atoms with van der Waals surface area (Å²) in [6, 6.07) is 10.4. The van der Waals surface area contributed by atoms with E-state index in [-0.39, 0.29) is 5.91 Å². The summed E-state index contributed by atoms with van der Waals surface area (Å²) in [5.74, 6) is 1.47. The zero-order valence-corrected chi connectivity index (χ0v) is 13.2. The quantitative estimate of drug-likeness (QED) is 0.829. The van der Waals surface area contributed by atoms with Gasteiger partial charge in [0, 0.05) is 24.3 Å². The van der Waals surface area contributed by atoms with E-state index in [9.17, 15) is 4.79 Å². The zero-order chi connectivity index (χ0) is 15.0. The maximum absolute atomic E-state index is 12.7. The predicted octanol–water partition coefficient (Wildman–Crippen LogP) is 3.45. The lowest BCUT2D eigenvalue weighted by molar-refractivity contribution is -0.134. The third kappa shape index (κ3) is 2.82. The van der Waals surface area contributed by atoms with E-state index in [2.05, 4.69) is 43.5 Å². The molecule has 0 saturated carbocycles. The zero-order valence-electron chi connectivity index (χ0n) is 13.2. The standard InChI is InChI=1S/C18H24N2O/c1-13-8-14(2)11-19(10-13)18(21)12-20-15(3)9-16-6-4-5-7-17(16)20/h4-7,9,13-14H,8,10-12H2,1-3H3/t13-,14-/m1/s1. The van der Waals surface area contributed by atoms with Crippen LogP contribution in [0.2, 0.25) is 0 Å². The van der Waals surface area contributed by atoms with Crippen LogP contribution in [0.15, 0.2) is 30.3 Å². The molecule has 1 aromatic heterocycles. The summed E-state index contributed by atoms with van der Waals surface area (Å²) in [7, 11) is 0. The molecular weight excluding hydrogens is 260 g/mol. The van der Waals surface area contributed by atoms with E-state index >= 15 is 0 Å². The number of carbonyl (C=O) groups excluding carboxylic acids is 1. The smallest absolute Gasteiger partial charge is 0.242 e. The number of piperidine rings is 1. The number of para-hydroxylation sites is 1. The molecule has 1 aliphatic rings. The molecule has 2 heterocycles. The highest BCUT2D eigenvalue weighted by Gasteiger charge is 2.25. The van der Waals surface area contributed by atoms with Gasteiger partial charge in [0.2, 0.25) is 5.91 Å². The molecule has 2 atom stereocenters. The molecule has 0 N–H and O–H groups in total. The van der Waals surface area contributed by atoms with Crippen molar-refractivity contribution in [3.8, 4) is 0 Å². The van der Waals surface area contributed by atoms with Crippen LogP contribution in [0.4, 0.5) is 0 Å². The molecule has 1 aliphatic heterocycles. The van der Waals surface area contributed by atoms with Gasteiger partial charge in [-0.3, -0.25) is 4.79 Å². The van der Waals surface area contributed by atoms with Gasteiger partial charge in [-0.2, -0.15) is 0 Å². The van der Waals surface area contributed by atoms with Crippen LogP contribution in [-0.4, -0.2) is 28.5 Å². The van der Waals surface area contributed by atoms with Gasteiger partial charge in [-0.15, -0.1) is 0 Å². The highest BCUT2D eigenvalue weighted by molar-refractivity contribution is 5.84. The third-order valence-electron chi connectivity index (χ3n) is 4.53. The second kappa shape index (κ2) is 5.55. The molecule has 1 saturated heterocycles. The molecule has 3 heteroatoms. The highest BCUT2D eigenvalue weighted by Crippen LogP contribution is 2.23. The molecule has 0 bridgehead atoms. The van der Waals surface area contributed by atoms with Gasteiger partial charge in [-0.05, 0) is 42.7 Å². The van der Waals surface area contributed by atoms with Crippen molar-refractivity contribution in [2.75, 3.05) is 13.1 Å². The van der Waals surface area contributed by atoms with Gasteiger partial charge in [-0.1, -0.05) is 32.0 Å². The Morgan fingerprint density at radius 3 is 2.57 bits per heavy atom. The van der Waals surface area contributed by atoms with Crippen LogP contribution in [0.5, 0.6) is 0 Å². The van der Waals surface area contributed by atoms with Crippen LogP contribution in [0, 0.1) is 18.8 Å². The van der Waals surface area contributed by atoms with Crippen LogP contribution in [-0.2, 0) is 11.3 Å². The molecule has 0 spiro atoms. The molecule has 0 aliphatic carbocycles. The van der Waals surface area contributed by atoms with Crippen LogP contribution < -0.4 is 0 Å². The molecule has 0 radical (unpaired) electrons. The summed E-state index contributed by atoms with van der Waals surface area (Å²) in [5.41, 5.74) is 2.31. The van der Waals surface area contributed by atoms with Gasteiger partial charge in [0.15, 0.2) is 0 Å². The van der Waals surface area contributed by atoms with Crippen molar-refractivity contribution in [3.63, 3.8) is 0 Å². The minimum atomic E-state index is 0.248. The Bertz CT molecular complexity index is 648. The van der Waals surface area contributed by atoms with Crippen LogP contribution >= 0.6 is 0 Å². The number of fused-ring (bicyclic) bond motifs is 1. The summed E-state index contributed by atoms with van der Waals surface area (Å²) in [4.78, 5) is 14.7. The minimum absolute atomic E-state index is 0.248. The van der Waals surface area contributed by atoms with Crippen molar-refractivity contribution in [2.45, 2.75) is 33.7 Å². The molecule has 21 heavy (non-hydrogen) atoms. The second-order valence-electron chi connectivity index (χ2n) is 6.68. The molecule has 3 rings (SSSR count). The monoisotopic (exact) mass is 284 g/mol. The van der Waals surface area contributed by atoms with Crippen molar-refractivity contribution in [1.29, 1.82) is 0 Å². The van der Waals surface area contributed by atoms with Gasteiger partial charge in [0.05, 0.1) is 0 Å². The average molecular weight is 284 g/mol. The van der Waals surface area contributed by atoms with Crippen LogP contribution in [0.25, 0.3) is 10.9 Å². The topological polar surface area (TPSA) is 25.2 Å².